The highest BCUT2D eigenvalue weighted by molar-refractivity contribution is 6.47. The van der Waals surface area contributed by atoms with E-state index in [4.69, 9.17) is 9.84 Å². The Labute approximate surface area is 126 Å². The molecule has 2 aliphatic rings. The lowest BCUT2D eigenvalue weighted by Gasteiger charge is -2.38. The van der Waals surface area contributed by atoms with Crippen molar-refractivity contribution < 1.29 is 23.8 Å². The van der Waals surface area contributed by atoms with Crippen molar-refractivity contribution in [1.82, 2.24) is 4.90 Å². The topological polar surface area (TPSA) is 79.2 Å². The van der Waals surface area contributed by atoms with Gasteiger partial charge in [-0.2, -0.15) is 0 Å². The van der Waals surface area contributed by atoms with Crippen LogP contribution in [0, 0.1) is 5.82 Å². The average Bonchev–Trinajstić information content (AvgIpc) is 2.74. The Morgan fingerprint density at radius 1 is 1.32 bits per heavy atom. The standard InChI is InChI=1S/C15H15FN2O4/c16-11-3-1-10(2-4-11)13-14(21)18(9-12(19)20)15(17-13)5-7-22-8-6-15/h1-4H,5-9H2,(H,19,20). The van der Waals surface area contributed by atoms with Crippen LogP contribution in [0.15, 0.2) is 29.3 Å². The highest BCUT2D eigenvalue weighted by Crippen LogP contribution is 2.35. The molecule has 2 aliphatic heterocycles. The van der Waals surface area contributed by atoms with Crippen molar-refractivity contribution in [2.45, 2.75) is 18.5 Å². The van der Waals surface area contributed by atoms with Gasteiger partial charge in [-0.15, -0.1) is 0 Å². The Morgan fingerprint density at radius 3 is 2.55 bits per heavy atom. The molecule has 1 fully saturated rings. The van der Waals surface area contributed by atoms with Crippen molar-refractivity contribution >= 4 is 17.6 Å². The van der Waals surface area contributed by atoms with E-state index in [1.807, 2.05) is 0 Å². The summed E-state index contributed by atoms with van der Waals surface area (Å²) in [6.07, 6.45) is 0.910. The minimum Gasteiger partial charge on any atom is -0.480 e. The second-order valence-corrected chi connectivity index (χ2v) is 5.35. The quantitative estimate of drug-likeness (QED) is 0.905. The molecular formula is C15H15FN2O4. The maximum atomic E-state index is 13.0. The van der Waals surface area contributed by atoms with E-state index >= 15 is 0 Å². The number of halogens is 1. The van der Waals surface area contributed by atoms with E-state index in [0.717, 1.165) is 0 Å². The smallest absolute Gasteiger partial charge is 0.323 e. The summed E-state index contributed by atoms with van der Waals surface area (Å²) in [6, 6.07) is 5.45. The van der Waals surface area contributed by atoms with Gasteiger partial charge >= 0.3 is 5.97 Å². The Bertz CT molecular complexity index is 635. The van der Waals surface area contributed by atoms with Gasteiger partial charge in [0.1, 0.15) is 23.7 Å². The van der Waals surface area contributed by atoms with E-state index in [1.165, 1.54) is 29.2 Å². The molecule has 0 bridgehead atoms. The number of carboxylic acids is 1. The lowest BCUT2D eigenvalue weighted by Crippen LogP contribution is -2.52. The molecule has 1 spiro atoms. The summed E-state index contributed by atoms with van der Waals surface area (Å²) < 4.78 is 18.3. The molecule has 0 aromatic heterocycles. The van der Waals surface area contributed by atoms with E-state index < -0.39 is 29.9 Å². The van der Waals surface area contributed by atoms with Crippen LogP contribution >= 0.6 is 0 Å². The average molecular weight is 306 g/mol. The highest BCUT2D eigenvalue weighted by atomic mass is 19.1. The van der Waals surface area contributed by atoms with Gasteiger partial charge in [-0.05, 0) is 24.3 Å². The lowest BCUT2D eigenvalue weighted by molar-refractivity contribution is -0.147. The van der Waals surface area contributed by atoms with Crippen LogP contribution in [0.3, 0.4) is 0 Å². The zero-order valence-corrected chi connectivity index (χ0v) is 11.8. The number of aliphatic carboxylic acids is 1. The van der Waals surface area contributed by atoms with Crippen LogP contribution in [0.2, 0.25) is 0 Å². The van der Waals surface area contributed by atoms with Gasteiger partial charge < -0.3 is 14.7 Å². The zero-order chi connectivity index (χ0) is 15.7. The number of carbonyl (C=O) groups excluding carboxylic acids is 1. The Hall–Kier alpha value is -2.28. The monoisotopic (exact) mass is 306 g/mol. The van der Waals surface area contributed by atoms with Crippen LogP contribution in [-0.2, 0) is 14.3 Å². The van der Waals surface area contributed by atoms with Gasteiger partial charge in [0.05, 0.1) is 13.2 Å². The maximum absolute atomic E-state index is 13.0. The summed E-state index contributed by atoms with van der Waals surface area (Å²) >= 11 is 0. The van der Waals surface area contributed by atoms with E-state index in [2.05, 4.69) is 4.99 Å². The first-order valence-corrected chi connectivity index (χ1v) is 6.99. The van der Waals surface area contributed by atoms with Crippen LogP contribution in [0.5, 0.6) is 0 Å². The third kappa shape index (κ3) is 2.48. The molecule has 6 nitrogen and oxygen atoms in total. The molecule has 1 aromatic rings. The van der Waals surface area contributed by atoms with E-state index in [1.54, 1.807) is 0 Å². The third-order valence-electron chi connectivity index (χ3n) is 3.97. The number of aliphatic imine (C=N–C) groups is 1. The van der Waals surface area contributed by atoms with Crippen molar-refractivity contribution in [3.8, 4) is 0 Å². The molecule has 0 radical (unpaired) electrons. The number of carbonyl (C=O) groups is 2. The van der Waals surface area contributed by atoms with E-state index in [0.29, 0.717) is 31.6 Å². The molecular weight excluding hydrogens is 291 g/mol. The molecule has 0 aliphatic carbocycles. The third-order valence-corrected chi connectivity index (χ3v) is 3.97. The SMILES string of the molecule is O=C(O)CN1C(=O)C(c2ccc(F)cc2)=NC12CCOCC2. The summed E-state index contributed by atoms with van der Waals surface area (Å²) in [6.45, 7) is 0.431. The maximum Gasteiger partial charge on any atom is 0.323 e. The first-order chi connectivity index (χ1) is 10.5. The number of carboxylic acid groups (broad SMARTS) is 1. The minimum absolute atomic E-state index is 0.183. The summed E-state index contributed by atoms with van der Waals surface area (Å²) in [4.78, 5) is 29.5. The number of ether oxygens (including phenoxy) is 1. The van der Waals surface area contributed by atoms with Gasteiger partial charge in [0.25, 0.3) is 5.91 Å². The van der Waals surface area contributed by atoms with Crippen molar-refractivity contribution in [2.75, 3.05) is 19.8 Å². The molecule has 7 heteroatoms. The largest absolute Gasteiger partial charge is 0.480 e. The number of benzene rings is 1. The predicted molar refractivity (Wildman–Crippen MR) is 75.1 cm³/mol. The summed E-state index contributed by atoms with van der Waals surface area (Å²) in [5, 5.41) is 9.07. The van der Waals surface area contributed by atoms with E-state index in [9.17, 15) is 14.0 Å². The molecule has 116 valence electrons. The molecule has 0 unspecified atom stereocenters. The first kappa shape index (κ1) is 14.6. The number of hydrogen-bond donors (Lipinski definition) is 1. The predicted octanol–water partition coefficient (Wildman–Crippen LogP) is 1.05. The van der Waals surface area contributed by atoms with Crippen LogP contribution in [0.1, 0.15) is 18.4 Å². The molecule has 22 heavy (non-hydrogen) atoms. The molecule has 3 rings (SSSR count). The fraction of sp³-hybridized carbons (Fsp3) is 0.400. The second kappa shape index (κ2) is 5.49. The van der Waals surface area contributed by atoms with E-state index in [-0.39, 0.29) is 5.71 Å². The van der Waals surface area contributed by atoms with Crippen LogP contribution in [-0.4, -0.2) is 53.0 Å². The molecule has 1 saturated heterocycles. The van der Waals surface area contributed by atoms with Crippen molar-refractivity contribution in [3.63, 3.8) is 0 Å². The van der Waals surface area contributed by atoms with Crippen molar-refractivity contribution in [1.29, 1.82) is 0 Å². The molecule has 0 saturated carbocycles. The summed E-state index contributed by atoms with van der Waals surface area (Å²) in [5.74, 6) is -1.93. The molecule has 2 heterocycles. The Kier molecular flexibility index (Phi) is 3.66. The van der Waals surface area contributed by atoms with Gasteiger partial charge in [-0.3, -0.25) is 14.6 Å². The molecule has 0 atom stereocenters. The number of nitrogens with zero attached hydrogens (tertiary/aromatic N) is 2. The molecule has 1 N–H and O–H groups in total. The lowest BCUT2D eigenvalue weighted by atomic mass is 10.00. The Morgan fingerprint density at radius 2 is 1.95 bits per heavy atom. The van der Waals surface area contributed by atoms with Crippen molar-refractivity contribution in [3.05, 3.63) is 35.6 Å². The van der Waals surface area contributed by atoms with Crippen molar-refractivity contribution in [2.24, 2.45) is 4.99 Å². The minimum atomic E-state index is -1.09. The van der Waals surface area contributed by atoms with Gasteiger partial charge in [-0.1, -0.05) is 0 Å². The Balaban J connectivity index is 1.99. The van der Waals surface area contributed by atoms with Crippen LogP contribution in [0.25, 0.3) is 0 Å². The zero-order valence-electron chi connectivity index (χ0n) is 11.8. The summed E-state index contributed by atoms with van der Waals surface area (Å²) in [5.41, 5.74) is -0.189. The summed E-state index contributed by atoms with van der Waals surface area (Å²) in [7, 11) is 0. The second-order valence-electron chi connectivity index (χ2n) is 5.35. The highest BCUT2D eigenvalue weighted by Gasteiger charge is 2.48. The fourth-order valence-electron chi connectivity index (χ4n) is 2.86. The van der Waals surface area contributed by atoms with Gasteiger partial charge in [0.2, 0.25) is 0 Å². The number of hydrogen-bond acceptors (Lipinski definition) is 4. The normalized spacial score (nSPS) is 20.3. The van der Waals surface area contributed by atoms with Gasteiger partial charge in [0, 0.05) is 18.4 Å². The van der Waals surface area contributed by atoms with Crippen LogP contribution < -0.4 is 0 Å². The first-order valence-electron chi connectivity index (χ1n) is 6.99. The fourth-order valence-corrected chi connectivity index (χ4v) is 2.86. The van der Waals surface area contributed by atoms with Gasteiger partial charge in [-0.25, -0.2) is 4.39 Å². The number of amides is 1. The van der Waals surface area contributed by atoms with Crippen LogP contribution in [0.4, 0.5) is 4.39 Å². The molecule has 1 amide bonds. The van der Waals surface area contributed by atoms with Gasteiger partial charge in [0.15, 0.2) is 0 Å². The molecule has 1 aromatic carbocycles. The number of rotatable bonds is 3.